The van der Waals surface area contributed by atoms with Crippen LogP contribution in [0, 0.1) is 35.5 Å². The minimum Gasteiger partial charge on any atom is -0.396 e. The first-order chi connectivity index (χ1) is 34.9. The normalized spacial score (nSPS) is 25.5. The highest BCUT2D eigenvalue weighted by atomic mass is 16.3. The Morgan fingerprint density at radius 2 is 1.01 bits per heavy atom. The predicted octanol–water partition coefficient (Wildman–Crippen LogP) is 3.31. The van der Waals surface area contributed by atoms with Crippen LogP contribution >= 0.6 is 0 Å². The number of imidazole rings is 2. The number of aryl methyl sites for hydroxylation is 2. The molecule has 0 bridgehead atoms. The van der Waals surface area contributed by atoms with Gasteiger partial charge in [0.1, 0.15) is 12.1 Å². The molecular formula is C54H70N10O8. The first-order valence-corrected chi connectivity index (χ1v) is 26.0. The van der Waals surface area contributed by atoms with Crippen molar-refractivity contribution in [3.63, 3.8) is 0 Å². The molecule has 6 aliphatic rings. The van der Waals surface area contributed by atoms with Crippen LogP contribution in [-0.4, -0.2) is 110 Å². The summed E-state index contributed by atoms with van der Waals surface area (Å²) in [6, 6.07) is 5.09. The molecule has 4 amide bonds. The molecule has 10 rings (SSSR count). The lowest BCUT2D eigenvalue weighted by Crippen LogP contribution is -2.52. The fourth-order valence-corrected chi connectivity index (χ4v) is 12.9. The summed E-state index contributed by atoms with van der Waals surface area (Å²) in [6.07, 6.45) is 23.0. The molecule has 2 aliphatic carbocycles. The highest BCUT2D eigenvalue weighted by Gasteiger charge is 2.59. The predicted molar refractivity (Wildman–Crippen MR) is 269 cm³/mol. The number of pyridine rings is 2. The van der Waals surface area contributed by atoms with E-state index < -0.39 is 36.0 Å². The van der Waals surface area contributed by atoms with Crippen LogP contribution in [-0.2, 0) is 59.2 Å². The first kappa shape index (κ1) is 50.5. The number of rotatable bonds is 14. The van der Waals surface area contributed by atoms with Crippen LogP contribution in [0.1, 0.15) is 111 Å². The summed E-state index contributed by atoms with van der Waals surface area (Å²) >= 11 is 0. The number of amides is 4. The standard InChI is InChI=1S/2C27H35N5O4/c2*1-3-6-17-9-10-22-23-20(14-31(22)26(17)35)21(15-33)24(32(23)27(36)18-7-4-5-8-18)25(34)28-12-11-19-13-30(2)16-29-19/h2*3,6,9-10,13,16,18,20-21,23-24,33H,4-5,7-8,11-12,14-15H2,1-2H3,(H,28,34)/b6-3+;6-3-/t2*20-,21-,23+,24-/m00/s1. The molecule has 4 N–H and O–H groups in total. The Morgan fingerprint density at radius 1 is 0.625 bits per heavy atom. The second kappa shape index (κ2) is 21.8. The zero-order valence-corrected chi connectivity index (χ0v) is 41.9. The van der Waals surface area contributed by atoms with E-state index in [1.54, 1.807) is 55.9 Å². The third-order valence-electron chi connectivity index (χ3n) is 16.2. The van der Waals surface area contributed by atoms with E-state index in [-0.39, 0.29) is 71.6 Å². The van der Waals surface area contributed by atoms with Gasteiger partial charge < -0.3 is 48.9 Å². The fourth-order valence-electron chi connectivity index (χ4n) is 12.9. The van der Waals surface area contributed by atoms with Crippen molar-refractivity contribution in [2.45, 2.75) is 115 Å². The van der Waals surface area contributed by atoms with Gasteiger partial charge in [-0.2, -0.15) is 0 Å². The van der Waals surface area contributed by atoms with Crippen LogP contribution in [0.15, 0.2) is 71.1 Å². The second-order valence-electron chi connectivity index (χ2n) is 20.7. The molecule has 18 nitrogen and oxygen atoms in total. The number of hydrogen-bond acceptors (Lipinski definition) is 10. The molecule has 384 valence electrons. The lowest BCUT2D eigenvalue weighted by atomic mass is 9.88. The van der Waals surface area contributed by atoms with E-state index in [0.717, 1.165) is 74.1 Å². The topological polar surface area (TPSA) is 219 Å². The number of aromatic nitrogens is 6. The summed E-state index contributed by atoms with van der Waals surface area (Å²) < 4.78 is 7.19. The molecule has 0 aromatic carbocycles. The number of hydrogen-bond donors (Lipinski definition) is 4. The van der Waals surface area contributed by atoms with E-state index in [9.17, 15) is 39.0 Å². The van der Waals surface area contributed by atoms with Crippen molar-refractivity contribution in [2.75, 3.05) is 26.3 Å². The maximum Gasteiger partial charge on any atom is 0.258 e. The van der Waals surface area contributed by atoms with E-state index in [4.69, 9.17) is 0 Å². The number of likely N-dealkylation sites (tertiary alicyclic amines) is 2. The number of fused-ring (bicyclic) bond motifs is 6. The molecule has 4 fully saturated rings. The van der Waals surface area contributed by atoms with Crippen molar-refractivity contribution in [2.24, 2.45) is 49.6 Å². The quantitative estimate of drug-likeness (QED) is 0.145. The van der Waals surface area contributed by atoms with Gasteiger partial charge in [0, 0.05) is 137 Å². The molecule has 4 aromatic heterocycles. The summed E-state index contributed by atoms with van der Waals surface area (Å²) in [7, 11) is 3.80. The van der Waals surface area contributed by atoms with Crippen LogP contribution < -0.4 is 21.8 Å². The summed E-state index contributed by atoms with van der Waals surface area (Å²) in [6.45, 7) is 4.86. The van der Waals surface area contributed by atoms with E-state index in [2.05, 4.69) is 20.6 Å². The van der Waals surface area contributed by atoms with E-state index in [1.807, 2.05) is 73.8 Å². The zero-order chi connectivity index (χ0) is 50.8. The smallest absolute Gasteiger partial charge is 0.258 e. The maximum absolute atomic E-state index is 13.9. The Balaban J connectivity index is 0.000000178. The van der Waals surface area contributed by atoms with Gasteiger partial charge in [-0.1, -0.05) is 50.0 Å². The number of carbonyl (C=O) groups is 4. The van der Waals surface area contributed by atoms with Crippen molar-refractivity contribution in [3.8, 4) is 0 Å². The molecule has 0 radical (unpaired) electrons. The lowest BCUT2D eigenvalue weighted by molar-refractivity contribution is -0.145. The van der Waals surface area contributed by atoms with Crippen molar-refractivity contribution >= 4 is 35.8 Å². The summed E-state index contributed by atoms with van der Waals surface area (Å²) in [5.74, 6) is -2.05. The first-order valence-electron chi connectivity index (χ1n) is 26.0. The summed E-state index contributed by atoms with van der Waals surface area (Å²) in [5, 5.41) is 26.9. The number of nitrogens with zero attached hydrogens (tertiary/aromatic N) is 8. The van der Waals surface area contributed by atoms with Gasteiger partial charge in [0.2, 0.25) is 23.6 Å². The Bertz CT molecular complexity index is 2640. The van der Waals surface area contributed by atoms with Gasteiger partial charge in [-0.3, -0.25) is 28.8 Å². The van der Waals surface area contributed by atoms with Crippen LogP contribution in [0.5, 0.6) is 0 Å². The van der Waals surface area contributed by atoms with Crippen LogP contribution in [0.3, 0.4) is 0 Å². The van der Waals surface area contributed by atoms with Crippen molar-refractivity contribution in [3.05, 3.63) is 116 Å². The van der Waals surface area contributed by atoms with Crippen molar-refractivity contribution in [1.29, 1.82) is 0 Å². The fraction of sp³-hybridized carbons (Fsp3) is 0.556. The Kier molecular flexibility index (Phi) is 15.3. The van der Waals surface area contributed by atoms with Crippen molar-refractivity contribution in [1.82, 2.24) is 48.7 Å². The van der Waals surface area contributed by atoms with E-state index in [1.165, 1.54) is 0 Å². The Labute approximate surface area is 419 Å². The van der Waals surface area contributed by atoms with Gasteiger partial charge in [-0.25, -0.2) is 9.97 Å². The third-order valence-corrected chi connectivity index (χ3v) is 16.2. The van der Waals surface area contributed by atoms with Gasteiger partial charge in [-0.15, -0.1) is 0 Å². The summed E-state index contributed by atoms with van der Waals surface area (Å²) in [4.78, 5) is 93.3. The average molecular weight is 987 g/mol. The minimum absolute atomic E-state index is 0.0262. The van der Waals surface area contributed by atoms with E-state index >= 15 is 0 Å². The second-order valence-corrected chi connectivity index (χ2v) is 20.7. The molecule has 18 heteroatoms. The molecule has 8 atom stereocenters. The largest absolute Gasteiger partial charge is 0.396 e. The molecule has 72 heavy (non-hydrogen) atoms. The molecule has 0 unspecified atom stereocenters. The van der Waals surface area contributed by atoms with Gasteiger partial charge >= 0.3 is 0 Å². The molecule has 2 saturated heterocycles. The minimum atomic E-state index is -0.763. The SMILES string of the molecule is C/C=C/c1ccc2n(c1=O)C[C@H]1[C@H](CO)[C@@H](C(=O)NCCc3cn(C)cn3)N(C(=O)C3CCCC3)[C@@H]21.C/C=C\c1ccc2n(c1=O)C[C@H]1[C@H](CO)[C@@H](C(=O)NCCc3cn(C)cn3)N(C(=O)C3CCCC3)[C@@H]21. The van der Waals surface area contributed by atoms with Gasteiger partial charge in [0.25, 0.3) is 11.1 Å². The van der Waals surface area contributed by atoms with E-state index in [0.29, 0.717) is 50.1 Å². The maximum atomic E-state index is 13.9. The Morgan fingerprint density at radius 3 is 1.35 bits per heavy atom. The molecule has 4 aromatic rings. The number of nitrogens with one attached hydrogen (secondary N) is 2. The number of allylic oxidation sites excluding steroid dienone is 2. The van der Waals surface area contributed by atoms with Crippen molar-refractivity contribution < 1.29 is 29.4 Å². The zero-order valence-electron chi connectivity index (χ0n) is 41.9. The van der Waals surface area contributed by atoms with Gasteiger partial charge in [0.15, 0.2) is 0 Å². The van der Waals surface area contributed by atoms with Crippen LogP contribution in [0.2, 0.25) is 0 Å². The van der Waals surface area contributed by atoms with Gasteiger partial charge in [-0.05, 0) is 63.8 Å². The molecule has 2 saturated carbocycles. The highest BCUT2D eigenvalue weighted by molar-refractivity contribution is 5.91. The number of carbonyl (C=O) groups excluding carboxylic acids is 4. The van der Waals surface area contributed by atoms with Crippen LogP contribution in [0.25, 0.3) is 12.2 Å². The summed E-state index contributed by atoms with van der Waals surface area (Å²) in [5.41, 5.74) is 4.27. The monoisotopic (exact) mass is 987 g/mol. The molecule has 0 spiro atoms. The number of aliphatic hydroxyl groups is 2. The third kappa shape index (κ3) is 9.54. The van der Waals surface area contributed by atoms with Gasteiger partial charge in [0.05, 0.1) is 36.1 Å². The van der Waals surface area contributed by atoms with Crippen LogP contribution in [0.4, 0.5) is 0 Å². The lowest BCUT2D eigenvalue weighted by Gasteiger charge is -2.33. The molecular weight excluding hydrogens is 917 g/mol. The number of aliphatic hydroxyl groups excluding tert-OH is 2. The average Bonchev–Trinajstić information content (AvgIpc) is 4.24. The highest BCUT2D eigenvalue weighted by Crippen LogP contribution is 2.52. The Hall–Kier alpha value is -6.40. The molecule has 4 aliphatic heterocycles. The molecule has 8 heterocycles.